The minimum absolute atomic E-state index is 0.00262. The molecule has 2 aromatic carbocycles. The zero-order valence-electron chi connectivity index (χ0n) is 15.6. The van der Waals surface area contributed by atoms with Crippen LogP contribution in [0.2, 0.25) is 0 Å². The summed E-state index contributed by atoms with van der Waals surface area (Å²) >= 11 is 0. The van der Waals surface area contributed by atoms with Crippen molar-refractivity contribution < 1.29 is 9.53 Å². The maximum atomic E-state index is 12.8. The molecule has 3 nitrogen and oxygen atoms in total. The van der Waals surface area contributed by atoms with Crippen LogP contribution >= 0.6 is 0 Å². The van der Waals surface area contributed by atoms with Crippen molar-refractivity contribution in [2.45, 2.75) is 39.7 Å². The van der Waals surface area contributed by atoms with Crippen LogP contribution in [0.1, 0.15) is 49.5 Å². The van der Waals surface area contributed by atoms with Gasteiger partial charge in [0.15, 0.2) is 5.78 Å². The SMILES string of the molecule is CCCN(CCC)C(C)COc1ccccc1C(=O)c1ccccc1. The summed E-state index contributed by atoms with van der Waals surface area (Å²) in [5, 5.41) is 0. The highest BCUT2D eigenvalue weighted by Crippen LogP contribution is 2.22. The fourth-order valence-corrected chi connectivity index (χ4v) is 2.97. The van der Waals surface area contributed by atoms with Gasteiger partial charge in [-0.15, -0.1) is 0 Å². The number of hydrogen-bond acceptors (Lipinski definition) is 3. The van der Waals surface area contributed by atoms with Crippen LogP contribution in [-0.2, 0) is 0 Å². The Morgan fingerprint density at radius 3 is 2.20 bits per heavy atom. The van der Waals surface area contributed by atoms with Crippen molar-refractivity contribution in [3.63, 3.8) is 0 Å². The highest BCUT2D eigenvalue weighted by molar-refractivity contribution is 6.10. The second kappa shape index (κ2) is 10.00. The van der Waals surface area contributed by atoms with Gasteiger partial charge in [0.25, 0.3) is 0 Å². The van der Waals surface area contributed by atoms with E-state index < -0.39 is 0 Å². The molecule has 0 aliphatic heterocycles. The molecule has 0 spiro atoms. The summed E-state index contributed by atoms with van der Waals surface area (Å²) in [5.41, 5.74) is 1.31. The van der Waals surface area contributed by atoms with E-state index in [0.29, 0.717) is 29.5 Å². The van der Waals surface area contributed by atoms with Crippen molar-refractivity contribution in [3.05, 3.63) is 65.7 Å². The molecule has 0 saturated heterocycles. The first kappa shape index (κ1) is 19.2. The lowest BCUT2D eigenvalue weighted by atomic mass is 10.0. The normalized spacial score (nSPS) is 12.2. The lowest BCUT2D eigenvalue weighted by Crippen LogP contribution is -2.38. The van der Waals surface area contributed by atoms with Gasteiger partial charge in [0.05, 0.1) is 5.56 Å². The summed E-state index contributed by atoms with van der Waals surface area (Å²) in [5.74, 6) is 0.666. The van der Waals surface area contributed by atoms with Crippen molar-refractivity contribution in [2.24, 2.45) is 0 Å². The van der Waals surface area contributed by atoms with E-state index in [4.69, 9.17) is 4.74 Å². The quantitative estimate of drug-likeness (QED) is 0.582. The first-order valence-electron chi connectivity index (χ1n) is 9.23. The van der Waals surface area contributed by atoms with Gasteiger partial charge in [-0.25, -0.2) is 0 Å². The molecular weight excluding hydrogens is 310 g/mol. The molecular formula is C22H29NO2. The first-order valence-corrected chi connectivity index (χ1v) is 9.23. The third-order valence-electron chi connectivity index (χ3n) is 4.29. The molecule has 1 unspecified atom stereocenters. The largest absolute Gasteiger partial charge is 0.491 e. The van der Waals surface area contributed by atoms with Gasteiger partial charge in [0.2, 0.25) is 0 Å². The first-order chi connectivity index (χ1) is 12.2. The molecule has 0 N–H and O–H groups in total. The van der Waals surface area contributed by atoms with Crippen molar-refractivity contribution in [1.29, 1.82) is 0 Å². The predicted octanol–water partition coefficient (Wildman–Crippen LogP) is 4.81. The summed E-state index contributed by atoms with van der Waals surface area (Å²) in [6, 6.07) is 17.2. The molecule has 2 rings (SSSR count). The van der Waals surface area contributed by atoms with Gasteiger partial charge in [-0.3, -0.25) is 9.69 Å². The number of carbonyl (C=O) groups excluding carboxylic acids is 1. The molecule has 0 heterocycles. The van der Waals surface area contributed by atoms with Crippen LogP contribution in [0.15, 0.2) is 54.6 Å². The number of ketones is 1. The van der Waals surface area contributed by atoms with Gasteiger partial charge >= 0.3 is 0 Å². The van der Waals surface area contributed by atoms with Crippen LogP contribution in [0.5, 0.6) is 5.75 Å². The van der Waals surface area contributed by atoms with Crippen molar-refractivity contribution in [2.75, 3.05) is 19.7 Å². The van der Waals surface area contributed by atoms with Crippen molar-refractivity contribution in [3.8, 4) is 5.75 Å². The van der Waals surface area contributed by atoms with Gasteiger partial charge in [-0.05, 0) is 45.0 Å². The maximum absolute atomic E-state index is 12.8. The van der Waals surface area contributed by atoms with E-state index >= 15 is 0 Å². The van der Waals surface area contributed by atoms with Gasteiger partial charge in [0, 0.05) is 11.6 Å². The Morgan fingerprint density at radius 2 is 1.56 bits per heavy atom. The smallest absolute Gasteiger partial charge is 0.196 e. The fraction of sp³-hybridized carbons (Fsp3) is 0.409. The third kappa shape index (κ3) is 5.43. The average molecular weight is 339 g/mol. The van der Waals surface area contributed by atoms with Crippen LogP contribution in [0, 0.1) is 0 Å². The lowest BCUT2D eigenvalue weighted by Gasteiger charge is -2.28. The van der Waals surface area contributed by atoms with Crippen LogP contribution in [0.3, 0.4) is 0 Å². The Morgan fingerprint density at radius 1 is 0.960 bits per heavy atom. The van der Waals surface area contributed by atoms with Crippen LogP contribution in [-0.4, -0.2) is 36.4 Å². The molecule has 25 heavy (non-hydrogen) atoms. The van der Waals surface area contributed by atoms with E-state index in [-0.39, 0.29) is 5.78 Å². The second-order valence-electron chi connectivity index (χ2n) is 6.39. The van der Waals surface area contributed by atoms with Crippen molar-refractivity contribution in [1.82, 2.24) is 4.90 Å². The molecule has 0 saturated carbocycles. The van der Waals surface area contributed by atoms with E-state index in [1.54, 1.807) is 0 Å². The zero-order chi connectivity index (χ0) is 18.1. The number of hydrogen-bond donors (Lipinski definition) is 0. The topological polar surface area (TPSA) is 29.5 Å². The summed E-state index contributed by atoms with van der Waals surface area (Å²) in [7, 11) is 0. The predicted molar refractivity (Wildman–Crippen MR) is 103 cm³/mol. The number of benzene rings is 2. The summed E-state index contributed by atoms with van der Waals surface area (Å²) in [6.45, 7) is 9.31. The number of carbonyl (C=O) groups is 1. The molecule has 0 bridgehead atoms. The fourth-order valence-electron chi connectivity index (χ4n) is 2.97. The second-order valence-corrected chi connectivity index (χ2v) is 6.39. The molecule has 0 aliphatic carbocycles. The van der Waals surface area contributed by atoms with E-state index in [1.807, 2.05) is 54.6 Å². The van der Waals surface area contributed by atoms with Crippen LogP contribution < -0.4 is 4.74 Å². The van der Waals surface area contributed by atoms with Gasteiger partial charge in [-0.2, -0.15) is 0 Å². The molecule has 134 valence electrons. The molecule has 2 aromatic rings. The van der Waals surface area contributed by atoms with Crippen LogP contribution in [0.4, 0.5) is 0 Å². The van der Waals surface area contributed by atoms with E-state index in [2.05, 4.69) is 25.7 Å². The third-order valence-corrected chi connectivity index (χ3v) is 4.29. The number of rotatable bonds is 10. The Labute approximate surface area is 151 Å². The molecule has 3 heteroatoms. The molecule has 0 aromatic heterocycles. The summed E-state index contributed by atoms with van der Waals surface area (Å²) in [6.07, 6.45) is 2.26. The Kier molecular flexibility index (Phi) is 7.68. The van der Waals surface area contributed by atoms with Crippen LogP contribution in [0.25, 0.3) is 0 Å². The van der Waals surface area contributed by atoms with Gasteiger partial charge in [-0.1, -0.05) is 56.3 Å². The molecule has 0 radical (unpaired) electrons. The highest BCUT2D eigenvalue weighted by Gasteiger charge is 2.17. The lowest BCUT2D eigenvalue weighted by molar-refractivity contribution is 0.103. The van der Waals surface area contributed by atoms with Gasteiger partial charge < -0.3 is 4.74 Å². The van der Waals surface area contributed by atoms with Crippen molar-refractivity contribution >= 4 is 5.78 Å². The van der Waals surface area contributed by atoms with E-state index in [0.717, 1.165) is 25.9 Å². The standard InChI is InChI=1S/C22H29NO2/c1-4-15-23(16-5-2)18(3)17-25-21-14-10-9-13-20(21)22(24)19-11-7-6-8-12-19/h6-14,18H,4-5,15-17H2,1-3H3. The number of ether oxygens (including phenoxy) is 1. The molecule has 0 aliphatic rings. The maximum Gasteiger partial charge on any atom is 0.196 e. The zero-order valence-corrected chi connectivity index (χ0v) is 15.6. The summed E-state index contributed by atoms with van der Waals surface area (Å²) in [4.78, 5) is 15.2. The van der Waals surface area contributed by atoms with E-state index in [1.165, 1.54) is 0 Å². The minimum atomic E-state index is 0.00262. The molecule has 0 fully saturated rings. The Bertz CT molecular complexity index is 648. The van der Waals surface area contributed by atoms with E-state index in [9.17, 15) is 4.79 Å². The molecule has 1 atom stereocenters. The number of nitrogens with zero attached hydrogens (tertiary/aromatic N) is 1. The summed E-state index contributed by atoms with van der Waals surface area (Å²) < 4.78 is 6.05. The average Bonchev–Trinajstić information content (AvgIpc) is 2.66. The molecule has 0 amide bonds. The monoisotopic (exact) mass is 339 g/mol. The Hall–Kier alpha value is -2.13. The number of para-hydroxylation sites is 1. The minimum Gasteiger partial charge on any atom is -0.491 e. The highest BCUT2D eigenvalue weighted by atomic mass is 16.5. The van der Waals surface area contributed by atoms with Gasteiger partial charge in [0.1, 0.15) is 12.4 Å². The Balaban J connectivity index is 2.09.